The van der Waals surface area contributed by atoms with E-state index < -0.39 is 0 Å². The van der Waals surface area contributed by atoms with E-state index in [0.29, 0.717) is 6.61 Å². The summed E-state index contributed by atoms with van der Waals surface area (Å²) in [6.07, 6.45) is 0.406. The molecule has 24 heavy (non-hydrogen) atoms. The summed E-state index contributed by atoms with van der Waals surface area (Å²) in [6, 6.07) is 16.9. The van der Waals surface area contributed by atoms with Crippen LogP contribution in [0, 0.1) is 6.92 Å². The highest BCUT2D eigenvalue weighted by Gasteiger charge is 2.19. The molecule has 0 aromatic heterocycles. The van der Waals surface area contributed by atoms with Crippen LogP contribution in [-0.4, -0.2) is 18.5 Å². The number of benzene rings is 2. The van der Waals surface area contributed by atoms with Gasteiger partial charge in [0.2, 0.25) is 5.91 Å². The number of amides is 1. The van der Waals surface area contributed by atoms with Crippen LogP contribution < -0.4 is 5.32 Å². The van der Waals surface area contributed by atoms with Crippen molar-refractivity contribution in [2.75, 3.05) is 6.61 Å². The SMILES string of the molecule is CCOC(=O)CC(NC(=O)Cc1ccccc1)c1ccc(C)cc1. The van der Waals surface area contributed by atoms with Crippen LogP contribution in [0.4, 0.5) is 0 Å². The van der Waals surface area contributed by atoms with Crippen LogP contribution in [0.25, 0.3) is 0 Å². The van der Waals surface area contributed by atoms with E-state index in [1.165, 1.54) is 0 Å². The van der Waals surface area contributed by atoms with Gasteiger partial charge in [0.05, 0.1) is 25.5 Å². The van der Waals surface area contributed by atoms with Crippen LogP contribution >= 0.6 is 0 Å². The monoisotopic (exact) mass is 325 g/mol. The Bertz CT molecular complexity index is 665. The summed E-state index contributed by atoms with van der Waals surface area (Å²) in [6.45, 7) is 4.10. The molecule has 2 aromatic rings. The van der Waals surface area contributed by atoms with Gasteiger partial charge in [-0.15, -0.1) is 0 Å². The molecule has 2 aromatic carbocycles. The molecule has 0 aliphatic carbocycles. The highest BCUT2D eigenvalue weighted by atomic mass is 16.5. The van der Waals surface area contributed by atoms with Crippen molar-refractivity contribution in [3.05, 3.63) is 71.3 Å². The van der Waals surface area contributed by atoms with Crippen molar-refractivity contribution in [2.24, 2.45) is 0 Å². The third kappa shape index (κ3) is 5.54. The highest BCUT2D eigenvalue weighted by molar-refractivity contribution is 5.80. The Kier molecular flexibility index (Phi) is 6.55. The van der Waals surface area contributed by atoms with E-state index in [0.717, 1.165) is 16.7 Å². The second kappa shape index (κ2) is 8.87. The van der Waals surface area contributed by atoms with Gasteiger partial charge in [-0.25, -0.2) is 0 Å². The van der Waals surface area contributed by atoms with Gasteiger partial charge in [0.25, 0.3) is 0 Å². The molecule has 126 valence electrons. The van der Waals surface area contributed by atoms with Crippen LogP contribution in [-0.2, 0) is 20.7 Å². The molecule has 0 heterocycles. The van der Waals surface area contributed by atoms with E-state index in [4.69, 9.17) is 4.74 Å². The maximum Gasteiger partial charge on any atom is 0.308 e. The first kappa shape index (κ1) is 17.7. The van der Waals surface area contributed by atoms with E-state index in [1.807, 2.05) is 61.5 Å². The maximum absolute atomic E-state index is 12.3. The Labute approximate surface area is 142 Å². The topological polar surface area (TPSA) is 55.4 Å². The Hall–Kier alpha value is -2.62. The zero-order chi connectivity index (χ0) is 17.4. The Morgan fingerprint density at radius 3 is 2.33 bits per heavy atom. The lowest BCUT2D eigenvalue weighted by molar-refractivity contribution is -0.143. The number of rotatable bonds is 7. The molecule has 1 N–H and O–H groups in total. The first-order valence-electron chi connectivity index (χ1n) is 8.14. The van der Waals surface area contributed by atoms with Crippen LogP contribution in [0.1, 0.15) is 36.1 Å². The average Bonchev–Trinajstić information content (AvgIpc) is 2.56. The van der Waals surface area contributed by atoms with Gasteiger partial charge in [0, 0.05) is 0 Å². The molecule has 2 rings (SSSR count). The fourth-order valence-electron chi connectivity index (χ4n) is 2.46. The van der Waals surface area contributed by atoms with Crippen molar-refractivity contribution >= 4 is 11.9 Å². The van der Waals surface area contributed by atoms with Crippen molar-refractivity contribution < 1.29 is 14.3 Å². The van der Waals surface area contributed by atoms with E-state index in [9.17, 15) is 9.59 Å². The standard InChI is InChI=1S/C20H23NO3/c1-3-24-20(23)14-18(17-11-9-15(2)10-12-17)21-19(22)13-16-7-5-4-6-8-16/h4-12,18H,3,13-14H2,1-2H3,(H,21,22). The van der Waals surface area contributed by atoms with Gasteiger partial charge >= 0.3 is 5.97 Å². The van der Waals surface area contributed by atoms with Gasteiger partial charge in [0.15, 0.2) is 0 Å². The minimum absolute atomic E-state index is 0.115. The molecule has 1 unspecified atom stereocenters. The third-order valence-corrected chi connectivity index (χ3v) is 3.70. The zero-order valence-corrected chi connectivity index (χ0v) is 14.1. The van der Waals surface area contributed by atoms with Crippen molar-refractivity contribution in [3.63, 3.8) is 0 Å². The van der Waals surface area contributed by atoms with Crippen LogP contribution in [0.5, 0.6) is 0 Å². The van der Waals surface area contributed by atoms with Crippen LogP contribution in [0.3, 0.4) is 0 Å². The number of esters is 1. The smallest absolute Gasteiger partial charge is 0.308 e. The molecular formula is C20H23NO3. The number of carbonyl (C=O) groups excluding carboxylic acids is 2. The second-order valence-electron chi connectivity index (χ2n) is 5.70. The third-order valence-electron chi connectivity index (χ3n) is 3.70. The van der Waals surface area contributed by atoms with Gasteiger partial charge in [-0.1, -0.05) is 60.2 Å². The summed E-state index contributed by atoms with van der Waals surface area (Å²) in [5.74, 6) is -0.431. The van der Waals surface area contributed by atoms with Crippen LogP contribution in [0.2, 0.25) is 0 Å². The van der Waals surface area contributed by atoms with Gasteiger partial charge in [-0.3, -0.25) is 9.59 Å². The molecule has 0 aliphatic rings. The maximum atomic E-state index is 12.3. The van der Waals surface area contributed by atoms with Gasteiger partial charge < -0.3 is 10.1 Å². The molecule has 0 spiro atoms. The normalized spacial score (nSPS) is 11.6. The molecule has 0 saturated carbocycles. The zero-order valence-electron chi connectivity index (χ0n) is 14.1. The fourth-order valence-corrected chi connectivity index (χ4v) is 2.46. The Balaban J connectivity index is 2.08. The number of hydrogen-bond donors (Lipinski definition) is 1. The van der Waals surface area contributed by atoms with E-state index in [-0.39, 0.29) is 30.8 Å². The summed E-state index contributed by atoms with van der Waals surface area (Å²) in [7, 11) is 0. The molecule has 1 atom stereocenters. The predicted molar refractivity (Wildman–Crippen MR) is 93.5 cm³/mol. The summed E-state index contributed by atoms with van der Waals surface area (Å²) < 4.78 is 5.03. The molecular weight excluding hydrogens is 302 g/mol. The predicted octanol–water partition coefficient (Wildman–Crippen LogP) is 3.35. The van der Waals surface area contributed by atoms with Crippen molar-refractivity contribution in [1.82, 2.24) is 5.32 Å². The quantitative estimate of drug-likeness (QED) is 0.794. The van der Waals surface area contributed by atoms with Gasteiger partial charge in [-0.05, 0) is 25.0 Å². The molecule has 4 nitrogen and oxygen atoms in total. The lowest BCUT2D eigenvalue weighted by atomic mass is 10.0. The van der Waals surface area contributed by atoms with Gasteiger partial charge in [0.1, 0.15) is 0 Å². The van der Waals surface area contributed by atoms with E-state index in [1.54, 1.807) is 6.92 Å². The summed E-state index contributed by atoms with van der Waals surface area (Å²) in [4.78, 5) is 24.2. The molecule has 0 bridgehead atoms. The van der Waals surface area contributed by atoms with Crippen molar-refractivity contribution in [3.8, 4) is 0 Å². The first-order chi connectivity index (χ1) is 11.6. The Morgan fingerprint density at radius 1 is 1.04 bits per heavy atom. The number of hydrogen-bond acceptors (Lipinski definition) is 3. The van der Waals surface area contributed by atoms with E-state index in [2.05, 4.69) is 5.32 Å². The summed E-state index contributed by atoms with van der Waals surface area (Å²) in [5.41, 5.74) is 2.97. The lowest BCUT2D eigenvalue weighted by Crippen LogP contribution is -2.31. The molecule has 1 amide bonds. The number of carbonyl (C=O) groups is 2. The molecule has 0 aliphatic heterocycles. The van der Waals surface area contributed by atoms with Gasteiger partial charge in [-0.2, -0.15) is 0 Å². The fraction of sp³-hybridized carbons (Fsp3) is 0.300. The minimum Gasteiger partial charge on any atom is -0.466 e. The number of aryl methyl sites for hydroxylation is 1. The first-order valence-corrected chi connectivity index (χ1v) is 8.14. The average molecular weight is 325 g/mol. The number of ether oxygens (including phenoxy) is 1. The summed E-state index contributed by atoms with van der Waals surface area (Å²) in [5, 5.41) is 2.95. The molecule has 0 fully saturated rings. The highest BCUT2D eigenvalue weighted by Crippen LogP contribution is 2.18. The summed E-state index contributed by atoms with van der Waals surface area (Å²) >= 11 is 0. The second-order valence-corrected chi connectivity index (χ2v) is 5.70. The van der Waals surface area contributed by atoms with E-state index >= 15 is 0 Å². The van der Waals surface area contributed by atoms with Crippen molar-refractivity contribution in [2.45, 2.75) is 32.7 Å². The molecule has 0 radical (unpaired) electrons. The van der Waals surface area contributed by atoms with Crippen LogP contribution in [0.15, 0.2) is 54.6 Å². The molecule has 4 heteroatoms. The largest absolute Gasteiger partial charge is 0.466 e. The number of nitrogens with one attached hydrogen (secondary N) is 1. The van der Waals surface area contributed by atoms with Crippen molar-refractivity contribution in [1.29, 1.82) is 0 Å². The lowest BCUT2D eigenvalue weighted by Gasteiger charge is -2.19. The minimum atomic E-state index is -0.388. The molecule has 0 saturated heterocycles. The Morgan fingerprint density at radius 2 is 1.71 bits per heavy atom.